The minimum Gasteiger partial charge on any atom is -0.103 e. The SMILES string of the molecule is Clc1ccccc1C(Cl)(C1=CCC(c2ccccc2)C=C1)c1ccccc1. The molecule has 4 rings (SSSR count). The van der Waals surface area contributed by atoms with Gasteiger partial charge >= 0.3 is 0 Å². The summed E-state index contributed by atoms with van der Waals surface area (Å²) >= 11 is 13.9. The Morgan fingerprint density at radius 3 is 2.04 bits per heavy atom. The molecule has 0 N–H and O–H groups in total. The molecule has 134 valence electrons. The van der Waals surface area contributed by atoms with Crippen LogP contribution in [0, 0.1) is 0 Å². The number of benzene rings is 3. The Hall–Kier alpha value is -2.28. The fraction of sp³-hybridized carbons (Fsp3) is 0.120. The zero-order valence-corrected chi connectivity index (χ0v) is 16.4. The maximum Gasteiger partial charge on any atom is 0.120 e. The van der Waals surface area contributed by atoms with E-state index in [1.807, 2.05) is 48.5 Å². The molecule has 2 heteroatoms. The van der Waals surface area contributed by atoms with E-state index < -0.39 is 4.87 Å². The van der Waals surface area contributed by atoms with Crippen molar-refractivity contribution in [2.45, 2.75) is 17.2 Å². The third-order valence-electron chi connectivity index (χ3n) is 5.14. The number of hydrogen-bond donors (Lipinski definition) is 0. The summed E-state index contributed by atoms with van der Waals surface area (Å²) in [5.41, 5.74) is 4.32. The fourth-order valence-corrected chi connectivity index (χ4v) is 4.47. The maximum atomic E-state index is 7.36. The first-order valence-corrected chi connectivity index (χ1v) is 9.88. The van der Waals surface area contributed by atoms with Gasteiger partial charge in [0.15, 0.2) is 0 Å². The molecule has 0 amide bonds. The maximum absolute atomic E-state index is 7.36. The van der Waals surface area contributed by atoms with Crippen LogP contribution in [0.2, 0.25) is 5.02 Å². The predicted molar refractivity (Wildman–Crippen MR) is 116 cm³/mol. The lowest BCUT2D eigenvalue weighted by Crippen LogP contribution is -2.24. The van der Waals surface area contributed by atoms with Crippen LogP contribution in [-0.2, 0) is 4.87 Å². The molecule has 1 aliphatic carbocycles. The smallest absolute Gasteiger partial charge is 0.103 e. The van der Waals surface area contributed by atoms with E-state index in [-0.39, 0.29) is 0 Å². The van der Waals surface area contributed by atoms with Gasteiger partial charge < -0.3 is 0 Å². The average molecular weight is 391 g/mol. The van der Waals surface area contributed by atoms with Gasteiger partial charge in [0.25, 0.3) is 0 Å². The lowest BCUT2D eigenvalue weighted by molar-refractivity contribution is 0.797. The molecule has 0 heterocycles. The molecule has 0 radical (unpaired) electrons. The van der Waals surface area contributed by atoms with E-state index in [0.717, 1.165) is 23.1 Å². The number of alkyl halides is 1. The van der Waals surface area contributed by atoms with Crippen LogP contribution in [0.15, 0.2) is 109 Å². The van der Waals surface area contributed by atoms with Crippen molar-refractivity contribution < 1.29 is 0 Å². The van der Waals surface area contributed by atoms with Crippen LogP contribution in [0.4, 0.5) is 0 Å². The van der Waals surface area contributed by atoms with Gasteiger partial charge in [-0.05, 0) is 29.2 Å². The molecule has 0 saturated carbocycles. The summed E-state index contributed by atoms with van der Waals surface area (Å²) in [6, 6.07) is 28.6. The van der Waals surface area contributed by atoms with E-state index in [2.05, 4.69) is 54.6 Å². The van der Waals surface area contributed by atoms with Crippen molar-refractivity contribution in [1.29, 1.82) is 0 Å². The van der Waals surface area contributed by atoms with E-state index in [1.165, 1.54) is 5.56 Å². The van der Waals surface area contributed by atoms with Crippen LogP contribution in [0.25, 0.3) is 0 Å². The van der Waals surface area contributed by atoms with Crippen molar-refractivity contribution in [2.75, 3.05) is 0 Å². The Bertz CT molecular complexity index is 973. The molecule has 2 atom stereocenters. The second kappa shape index (κ2) is 7.76. The zero-order chi connectivity index (χ0) is 18.7. The first-order chi connectivity index (χ1) is 13.2. The van der Waals surface area contributed by atoms with Crippen LogP contribution in [0.5, 0.6) is 0 Å². The lowest BCUT2D eigenvalue weighted by atomic mass is 9.79. The molecule has 2 unspecified atom stereocenters. The molecule has 0 aromatic heterocycles. The summed E-state index contributed by atoms with van der Waals surface area (Å²) in [5.74, 6) is 0.373. The van der Waals surface area contributed by atoms with Crippen LogP contribution in [0.3, 0.4) is 0 Å². The van der Waals surface area contributed by atoms with Crippen LogP contribution in [0.1, 0.15) is 29.0 Å². The molecule has 1 aliphatic rings. The molecule has 0 saturated heterocycles. The minimum absolute atomic E-state index is 0.373. The first-order valence-electron chi connectivity index (χ1n) is 9.13. The summed E-state index contributed by atoms with van der Waals surface area (Å²) in [6.07, 6.45) is 7.58. The molecule has 27 heavy (non-hydrogen) atoms. The number of rotatable bonds is 4. The van der Waals surface area contributed by atoms with Gasteiger partial charge in [-0.25, -0.2) is 0 Å². The van der Waals surface area contributed by atoms with E-state index in [0.29, 0.717) is 10.9 Å². The normalized spacial score (nSPS) is 18.6. The highest BCUT2D eigenvalue weighted by Crippen LogP contribution is 2.48. The lowest BCUT2D eigenvalue weighted by Gasteiger charge is -2.33. The third-order valence-corrected chi connectivity index (χ3v) is 6.11. The van der Waals surface area contributed by atoms with Gasteiger partial charge in [-0.1, -0.05) is 109 Å². The molecule has 0 fully saturated rings. The largest absolute Gasteiger partial charge is 0.120 e. The molecular formula is C25H20Cl2. The van der Waals surface area contributed by atoms with Gasteiger partial charge in [0.05, 0.1) is 0 Å². The quantitative estimate of drug-likeness (QED) is 0.404. The predicted octanol–water partition coefficient (Wildman–Crippen LogP) is 7.49. The topological polar surface area (TPSA) is 0 Å². The zero-order valence-electron chi connectivity index (χ0n) is 14.9. The Morgan fingerprint density at radius 1 is 0.778 bits per heavy atom. The number of hydrogen-bond acceptors (Lipinski definition) is 0. The van der Waals surface area contributed by atoms with E-state index in [9.17, 15) is 0 Å². The Kier molecular flexibility index (Phi) is 5.20. The van der Waals surface area contributed by atoms with Crippen molar-refractivity contribution >= 4 is 23.2 Å². The third kappa shape index (κ3) is 3.48. The van der Waals surface area contributed by atoms with Crippen LogP contribution in [-0.4, -0.2) is 0 Å². The summed E-state index contributed by atoms with van der Waals surface area (Å²) in [4.78, 5) is -0.808. The Balaban J connectivity index is 1.76. The van der Waals surface area contributed by atoms with E-state index in [1.54, 1.807) is 0 Å². The van der Waals surface area contributed by atoms with Crippen molar-refractivity contribution in [3.8, 4) is 0 Å². The van der Waals surface area contributed by atoms with Crippen molar-refractivity contribution in [1.82, 2.24) is 0 Å². The molecular weight excluding hydrogens is 371 g/mol. The molecule has 0 spiro atoms. The molecule has 0 bridgehead atoms. The van der Waals surface area contributed by atoms with Crippen molar-refractivity contribution in [3.05, 3.63) is 130 Å². The van der Waals surface area contributed by atoms with Crippen molar-refractivity contribution in [2.24, 2.45) is 0 Å². The standard InChI is InChI=1S/C25H20Cl2/c26-24-14-8-7-13-23(24)25(27,21-11-5-2-6-12-21)22-17-15-20(16-18-22)19-9-3-1-4-10-19/h1-15,17-18,20H,16H2. The summed E-state index contributed by atoms with van der Waals surface area (Å²) in [6.45, 7) is 0. The van der Waals surface area contributed by atoms with E-state index >= 15 is 0 Å². The van der Waals surface area contributed by atoms with E-state index in [4.69, 9.17) is 23.2 Å². The van der Waals surface area contributed by atoms with Gasteiger partial charge in [0, 0.05) is 16.5 Å². The highest BCUT2D eigenvalue weighted by atomic mass is 35.5. The highest BCUT2D eigenvalue weighted by Gasteiger charge is 2.37. The van der Waals surface area contributed by atoms with Gasteiger partial charge in [-0.15, -0.1) is 11.6 Å². The summed E-state index contributed by atoms with van der Waals surface area (Å²) < 4.78 is 0. The van der Waals surface area contributed by atoms with Gasteiger partial charge in [-0.2, -0.15) is 0 Å². The summed E-state index contributed by atoms with van der Waals surface area (Å²) in [7, 11) is 0. The molecule has 3 aromatic carbocycles. The summed E-state index contributed by atoms with van der Waals surface area (Å²) in [5, 5.41) is 0.677. The van der Waals surface area contributed by atoms with Crippen LogP contribution >= 0.6 is 23.2 Å². The van der Waals surface area contributed by atoms with Gasteiger partial charge in [0.1, 0.15) is 4.87 Å². The average Bonchev–Trinajstić information content (AvgIpc) is 2.75. The number of halogens is 2. The van der Waals surface area contributed by atoms with Crippen molar-refractivity contribution in [3.63, 3.8) is 0 Å². The fourth-order valence-electron chi connectivity index (χ4n) is 3.71. The number of allylic oxidation sites excluding steroid dienone is 4. The van der Waals surface area contributed by atoms with Crippen LogP contribution < -0.4 is 0 Å². The second-order valence-corrected chi connectivity index (χ2v) is 7.75. The first kappa shape index (κ1) is 18.1. The minimum atomic E-state index is -0.808. The molecule has 3 aromatic rings. The molecule has 0 aliphatic heterocycles. The van der Waals surface area contributed by atoms with Gasteiger partial charge in [-0.3, -0.25) is 0 Å². The second-order valence-electron chi connectivity index (χ2n) is 6.78. The van der Waals surface area contributed by atoms with Gasteiger partial charge in [0.2, 0.25) is 0 Å². The molecule has 0 nitrogen and oxygen atoms in total. The monoisotopic (exact) mass is 390 g/mol. The Morgan fingerprint density at radius 2 is 1.41 bits per heavy atom. The highest BCUT2D eigenvalue weighted by molar-refractivity contribution is 6.35. The Labute approximate surface area is 170 Å².